The van der Waals surface area contributed by atoms with Gasteiger partial charge >= 0.3 is 0 Å². The lowest BCUT2D eigenvalue weighted by molar-refractivity contribution is 0.0965. The molecule has 4 rings (SSSR count). The lowest BCUT2D eigenvalue weighted by Gasteiger charge is -2.17. The third kappa shape index (κ3) is 2.28. The smallest absolute Gasteiger partial charge is 0.165 e. The summed E-state index contributed by atoms with van der Waals surface area (Å²) in [6.45, 7) is 1.11. The van der Waals surface area contributed by atoms with Gasteiger partial charge in [-0.1, -0.05) is 48.9 Å². The second-order valence-electron chi connectivity index (χ2n) is 6.52. The number of ketones is 1. The number of nitrogens with one attached hydrogen (secondary N) is 1. The van der Waals surface area contributed by atoms with Crippen LogP contribution in [0.15, 0.2) is 42.5 Å². The fourth-order valence-electron chi connectivity index (χ4n) is 4.30. The fourth-order valence-corrected chi connectivity index (χ4v) is 4.30. The van der Waals surface area contributed by atoms with Crippen LogP contribution in [0.5, 0.6) is 0 Å². The van der Waals surface area contributed by atoms with E-state index in [0.29, 0.717) is 12.5 Å². The van der Waals surface area contributed by atoms with Gasteiger partial charge in [0.1, 0.15) is 0 Å². The maximum absolute atomic E-state index is 12.8. The van der Waals surface area contributed by atoms with Crippen LogP contribution in [0.2, 0.25) is 0 Å². The van der Waals surface area contributed by atoms with E-state index in [-0.39, 0.29) is 5.78 Å². The highest BCUT2D eigenvalue weighted by Gasteiger charge is 2.39. The number of fused-ring (bicyclic) bond motifs is 2. The number of carbonyl (C=O) groups excluding carboxylic acids is 1. The Morgan fingerprint density at radius 2 is 1.95 bits per heavy atom. The minimum Gasteiger partial charge on any atom is -0.313 e. The summed E-state index contributed by atoms with van der Waals surface area (Å²) in [5.74, 6) is 1.83. The molecule has 2 aromatic carbocycles. The molecule has 2 aliphatic rings. The number of rotatable bonds is 3. The van der Waals surface area contributed by atoms with Crippen molar-refractivity contribution in [2.24, 2.45) is 11.8 Å². The lowest BCUT2D eigenvalue weighted by atomic mass is 9.89. The quantitative estimate of drug-likeness (QED) is 0.866. The Kier molecular flexibility index (Phi) is 3.27. The summed E-state index contributed by atoms with van der Waals surface area (Å²) in [5.41, 5.74) is 0.886. The van der Waals surface area contributed by atoms with Gasteiger partial charge in [-0.05, 0) is 42.0 Å². The Labute approximate surface area is 125 Å². The summed E-state index contributed by atoms with van der Waals surface area (Å²) >= 11 is 0. The standard InChI is InChI=1S/C19H21NO/c21-19(11-18-16-9-4-7-14(16)12-20-18)17-10-3-6-13-5-1-2-8-15(13)17/h1-3,5-6,8,10,14,16,18,20H,4,7,9,11-12H2. The Balaban J connectivity index is 1.59. The van der Waals surface area contributed by atoms with Gasteiger partial charge in [-0.15, -0.1) is 0 Å². The predicted octanol–water partition coefficient (Wildman–Crippen LogP) is 3.80. The average molecular weight is 279 g/mol. The van der Waals surface area contributed by atoms with Crippen LogP contribution in [0, 0.1) is 11.8 Å². The lowest BCUT2D eigenvalue weighted by Crippen LogP contribution is -2.29. The Bertz CT molecular complexity index is 673. The minimum atomic E-state index is 0.289. The summed E-state index contributed by atoms with van der Waals surface area (Å²) in [7, 11) is 0. The number of carbonyl (C=O) groups is 1. The van der Waals surface area contributed by atoms with Gasteiger partial charge in [0.2, 0.25) is 0 Å². The zero-order chi connectivity index (χ0) is 14.2. The van der Waals surface area contributed by atoms with Crippen LogP contribution in [0.1, 0.15) is 36.0 Å². The molecule has 1 saturated carbocycles. The predicted molar refractivity (Wildman–Crippen MR) is 85.5 cm³/mol. The molecule has 1 aliphatic heterocycles. The van der Waals surface area contributed by atoms with E-state index in [1.165, 1.54) is 19.3 Å². The van der Waals surface area contributed by atoms with Gasteiger partial charge in [0.15, 0.2) is 5.78 Å². The monoisotopic (exact) mass is 279 g/mol. The molecule has 2 fully saturated rings. The molecule has 3 unspecified atom stereocenters. The molecule has 2 aromatic rings. The minimum absolute atomic E-state index is 0.289. The van der Waals surface area contributed by atoms with Gasteiger partial charge < -0.3 is 5.32 Å². The highest BCUT2D eigenvalue weighted by atomic mass is 16.1. The van der Waals surface area contributed by atoms with E-state index >= 15 is 0 Å². The summed E-state index contributed by atoms with van der Waals surface area (Å²) in [4.78, 5) is 12.8. The second-order valence-corrected chi connectivity index (χ2v) is 6.52. The molecule has 21 heavy (non-hydrogen) atoms. The van der Waals surface area contributed by atoms with Crippen molar-refractivity contribution in [1.82, 2.24) is 5.32 Å². The van der Waals surface area contributed by atoms with Gasteiger partial charge in [0.05, 0.1) is 0 Å². The normalized spacial score (nSPS) is 27.9. The zero-order valence-corrected chi connectivity index (χ0v) is 12.2. The highest BCUT2D eigenvalue weighted by Crippen LogP contribution is 2.39. The molecule has 1 aliphatic carbocycles. The third-order valence-corrected chi connectivity index (χ3v) is 5.37. The zero-order valence-electron chi connectivity index (χ0n) is 12.2. The highest BCUT2D eigenvalue weighted by molar-refractivity contribution is 6.08. The molecule has 1 N–H and O–H groups in total. The van der Waals surface area contributed by atoms with Crippen molar-refractivity contribution < 1.29 is 4.79 Å². The first-order valence-electron chi connectivity index (χ1n) is 8.07. The molecule has 1 saturated heterocycles. The van der Waals surface area contributed by atoms with Crippen molar-refractivity contribution in [3.05, 3.63) is 48.0 Å². The summed E-state index contributed by atoms with van der Waals surface area (Å²) < 4.78 is 0. The topological polar surface area (TPSA) is 29.1 Å². The molecule has 0 spiro atoms. The van der Waals surface area contributed by atoms with E-state index in [1.807, 2.05) is 24.3 Å². The maximum Gasteiger partial charge on any atom is 0.165 e. The Hall–Kier alpha value is -1.67. The first-order chi connectivity index (χ1) is 10.3. The number of hydrogen-bond donors (Lipinski definition) is 1. The summed E-state index contributed by atoms with van der Waals surface area (Å²) in [6.07, 6.45) is 4.63. The molecule has 2 heteroatoms. The van der Waals surface area contributed by atoms with Crippen molar-refractivity contribution >= 4 is 16.6 Å². The van der Waals surface area contributed by atoms with Crippen LogP contribution < -0.4 is 5.32 Å². The molecular weight excluding hydrogens is 258 g/mol. The van der Waals surface area contributed by atoms with E-state index in [2.05, 4.69) is 23.5 Å². The van der Waals surface area contributed by atoms with Crippen LogP contribution >= 0.6 is 0 Å². The SMILES string of the molecule is O=C(CC1NCC2CCCC21)c1cccc2ccccc12. The van der Waals surface area contributed by atoms with Gasteiger partial charge in [-0.25, -0.2) is 0 Å². The van der Waals surface area contributed by atoms with Crippen LogP contribution in [0.25, 0.3) is 10.8 Å². The van der Waals surface area contributed by atoms with E-state index in [0.717, 1.165) is 34.7 Å². The van der Waals surface area contributed by atoms with E-state index < -0.39 is 0 Å². The largest absolute Gasteiger partial charge is 0.313 e. The van der Waals surface area contributed by atoms with E-state index in [9.17, 15) is 4.79 Å². The molecule has 108 valence electrons. The molecule has 2 nitrogen and oxygen atoms in total. The van der Waals surface area contributed by atoms with E-state index in [1.54, 1.807) is 0 Å². The Morgan fingerprint density at radius 1 is 1.10 bits per heavy atom. The second kappa shape index (κ2) is 5.27. The molecule has 3 atom stereocenters. The van der Waals surface area contributed by atoms with Gasteiger partial charge in [0, 0.05) is 18.0 Å². The van der Waals surface area contributed by atoms with Crippen molar-refractivity contribution in [2.45, 2.75) is 31.7 Å². The van der Waals surface area contributed by atoms with Crippen molar-refractivity contribution in [3.63, 3.8) is 0 Å². The molecule has 0 amide bonds. The molecule has 0 bridgehead atoms. The number of benzene rings is 2. The van der Waals surface area contributed by atoms with Gasteiger partial charge in [-0.2, -0.15) is 0 Å². The molecule has 0 radical (unpaired) electrons. The molecular formula is C19H21NO. The van der Waals surface area contributed by atoms with Crippen LogP contribution in [-0.4, -0.2) is 18.4 Å². The van der Waals surface area contributed by atoms with Crippen molar-refractivity contribution in [3.8, 4) is 0 Å². The van der Waals surface area contributed by atoms with Crippen LogP contribution in [0.4, 0.5) is 0 Å². The molecule has 0 aromatic heterocycles. The first kappa shape index (κ1) is 13.0. The summed E-state index contributed by atoms with van der Waals surface area (Å²) in [6, 6.07) is 14.6. The van der Waals surface area contributed by atoms with Crippen molar-refractivity contribution in [1.29, 1.82) is 0 Å². The van der Waals surface area contributed by atoms with Gasteiger partial charge in [0.25, 0.3) is 0 Å². The maximum atomic E-state index is 12.8. The van der Waals surface area contributed by atoms with Crippen molar-refractivity contribution in [2.75, 3.05) is 6.54 Å². The average Bonchev–Trinajstić information content (AvgIpc) is 3.12. The molecule has 1 heterocycles. The summed E-state index contributed by atoms with van der Waals surface area (Å²) in [5, 5.41) is 5.83. The number of Topliss-reactive ketones (excluding diaryl/α,β-unsaturated/α-hetero) is 1. The Morgan fingerprint density at radius 3 is 2.90 bits per heavy atom. The van der Waals surface area contributed by atoms with Gasteiger partial charge in [-0.3, -0.25) is 4.79 Å². The van der Waals surface area contributed by atoms with E-state index in [4.69, 9.17) is 0 Å². The van der Waals surface area contributed by atoms with Crippen LogP contribution in [-0.2, 0) is 0 Å². The third-order valence-electron chi connectivity index (χ3n) is 5.37. The van der Waals surface area contributed by atoms with Crippen LogP contribution in [0.3, 0.4) is 0 Å². The number of hydrogen-bond acceptors (Lipinski definition) is 2. The fraction of sp³-hybridized carbons (Fsp3) is 0.421. The first-order valence-corrected chi connectivity index (χ1v) is 8.07.